The summed E-state index contributed by atoms with van der Waals surface area (Å²) in [7, 11) is 0. The Morgan fingerprint density at radius 3 is 2.53 bits per heavy atom. The van der Waals surface area contributed by atoms with Gasteiger partial charge in [0, 0.05) is 35.4 Å². The van der Waals surface area contributed by atoms with E-state index in [2.05, 4.69) is 39.5 Å². The van der Waals surface area contributed by atoms with Gasteiger partial charge in [0.25, 0.3) is 0 Å². The molecule has 0 aliphatic rings. The van der Waals surface area contributed by atoms with Crippen LogP contribution in [-0.4, -0.2) is 42.0 Å². The van der Waals surface area contributed by atoms with E-state index in [9.17, 15) is 10.0 Å². The van der Waals surface area contributed by atoms with Crippen LogP contribution in [0.25, 0.3) is 11.3 Å². The average Bonchev–Trinajstić information content (AvgIpc) is 3.28. The van der Waals surface area contributed by atoms with E-state index in [1.807, 2.05) is 55.5 Å². The molecule has 4 rings (SSSR count). The molecule has 1 atom stereocenters. The number of rotatable bonds is 8. The SMILES string of the molecule is Cc1cc(C(CC(c2ccc(-c3cn(CC(=O)O)nn3)cc2)c2ccccc2C)=NO)ccn1. The first-order chi connectivity index (χ1) is 16.4. The first-order valence-corrected chi connectivity index (χ1v) is 10.9. The van der Waals surface area contributed by atoms with Gasteiger partial charge >= 0.3 is 5.97 Å². The lowest BCUT2D eigenvalue weighted by Gasteiger charge is -2.21. The van der Waals surface area contributed by atoms with Crippen LogP contribution < -0.4 is 0 Å². The highest BCUT2D eigenvalue weighted by atomic mass is 16.4. The molecule has 0 aliphatic carbocycles. The molecule has 8 heteroatoms. The molecule has 4 aromatic rings. The Morgan fingerprint density at radius 1 is 1.09 bits per heavy atom. The molecule has 0 aliphatic heterocycles. The smallest absolute Gasteiger partial charge is 0.325 e. The number of aryl methyl sites for hydroxylation is 2. The molecule has 0 amide bonds. The zero-order valence-corrected chi connectivity index (χ0v) is 19.0. The lowest BCUT2D eigenvalue weighted by atomic mass is 9.83. The number of benzene rings is 2. The minimum absolute atomic E-state index is 0.0442. The summed E-state index contributed by atoms with van der Waals surface area (Å²) in [5.41, 5.74) is 7.06. The normalized spacial score (nSPS) is 12.5. The third-order valence-corrected chi connectivity index (χ3v) is 5.76. The van der Waals surface area contributed by atoms with Gasteiger partial charge in [0.1, 0.15) is 12.2 Å². The Hall–Kier alpha value is -4.33. The number of hydrogen-bond donors (Lipinski definition) is 2. The summed E-state index contributed by atoms with van der Waals surface area (Å²) < 4.78 is 1.29. The van der Waals surface area contributed by atoms with Crippen molar-refractivity contribution in [3.05, 3.63) is 101 Å². The first kappa shape index (κ1) is 22.8. The van der Waals surface area contributed by atoms with Crippen molar-refractivity contribution < 1.29 is 15.1 Å². The third kappa shape index (κ3) is 5.17. The van der Waals surface area contributed by atoms with E-state index in [4.69, 9.17) is 5.11 Å². The van der Waals surface area contributed by atoms with Gasteiger partial charge in [-0.15, -0.1) is 5.10 Å². The number of carboxylic acid groups (broad SMARTS) is 1. The van der Waals surface area contributed by atoms with Crippen LogP contribution >= 0.6 is 0 Å². The summed E-state index contributed by atoms with van der Waals surface area (Å²) in [6.45, 7) is 3.74. The van der Waals surface area contributed by atoms with Gasteiger partial charge in [-0.1, -0.05) is 58.9 Å². The highest BCUT2D eigenvalue weighted by molar-refractivity contribution is 6.01. The Labute approximate surface area is 197 Å². The van der Waals surface area contributed by atoms with Crippen molar-refractivity contribution in [3.8, 4) is 11.3 Å². The van der Waals surface area contributed by atoms with Crippen molar-refractivity contribution in [3.63, 3.8) is 0 Å². The predicted octanol–water partition coefficient (Wildman–Crippen LogP) is 4.44. The lowest BCUT2D eigenvalue weighted by molar-refractivity contribution is -0.137. The van der Waals surface area contributed by atoms with Crippen LogP contribution in [0.2, 0.25) is 0 Å². The lowest BCUT2D eigenvalue weighted by Crippen LogP contribution is -2.12. The number of nitrogens with zero attached hydrogens (tertiary/aromatic N) is 5. The maximum atomic E-state index is 10.9. The second-order valence-electron chi connectivity index (χ2n) is 8.16. The zero-order chi connectivity index (χ0) is 24.1. The van der Waals surface area contributed by atoms with Gasteiger partial charge in [-0.25, -0.2) is 4.68 Å². The molecule has 1 unspecified atom stereocenters. The van der Waals surface area contributed by atoms with Gasteiger partial charge in [-0.3, -0.25) is 9.78 Å². The Kier molecular flexibility index (Phi) is 6.77. The van der Waals surface area contributed by atoms with Gasteiger partial charge in [0.05, 0.1) is 11.9 Å². The molecule has 0 saturated carbocycles. The van der Waals surface area contributed by atoms with E-state index in [1.165, 1.54) is 4.68 Å². The average molecular weight is 456 g/mol. The fraction of sp³-hybridized carbons (Fsp3) is 0.192. The summed E-state index contributed by atoms with van der Waals surface area (Å²) in [5, 5.41) is 30.4. The summed E-state index contributed by atoms with van der Waals surface area (Å²) in [5.74, 6) is -1.02. The van der Waals surface area contributed by atoms with Crippen LogP contribution in [0.4, 0.5) is 0 Å². The van der Waals surface area contributed by atoms with Crippen LogP contribution in [0.3, 0.4) is 0 Å². The molecule has 2 aromatic heterocycles. The number of oxime groups is 1. The molecule has 0 radical (unpaired) electrons. The van der Waals surface area contributed by atoms with Crippen LogP contribution in [-0.2, 0) is 11.3 Å². The summed E-state index contributed by atoms with van der Waals surface area (Å²) in [6, 6.07) is 19.9. The van der Waals surface area contributed by atoms with E-state index in [-0.39, 0.29) is 12.5 Å². The van der Waals surface area contributed by atoms with Gasteiger partial charge in [-0.2, -0.15) is 0 Å². The van der Waals surface area contributed by atoms with Gasteiger partial charge in [0.2, 0.25) is 0 Å². The standard InChI is InChI=1S/C26H25N5O3/c1-17-5-3-4-6-22(17)23(14-24(29-34)21-11-12-27-18(2)13-21)19-7-9-20(10-8-19)25-15-31(30-28-25)16-26(32)33/h3-13,15,23,34H,14,16H2,1-2H3,(H,32,33). The molecule has 2 N–H and O–H groups in total. The number of aromatic nitrogens is 4. The maximum absolute atomic E-state index is 10.9. The van der Waals surface area contributed by atoms with Gasteiger partial charge in [-0.05, 0) is 42.7 Å². The van der Waals surface area contributed by atoms with E-state index in [0.29, 0.717) is 17.8 Å². The molecule has 2 heterocycles. The topological polar surface area (TPSA) is 113 Å². The van der Waals surface area contributed by atoms with E-state index < -0.39 is 5.97 Å². The van der Waals surface area contributed by atoms with E-state index in [0.717, 1.165) is 33.5 Å². The zero-order valence-electron chi connectivity index (χ0n) is 19.0. The molecular weight excluding hydrogens is 430 g/mol. The molecule has 0 bridgehead atoms. The highest BCUT2D eigenvalue weighted by Gasteiger charge is 2.21. The van der Waals surface area contributed by atoms with E-state index in [1.54, 1.807) is 12.4 Å². The second kappa shape index (κ2) is 10.1. The van der Waals surface area contributed by atoms with Crippen LogP contribution in [0.5, 0.6) is 0 Å². The molecule has 0 spiro atoms. The number of pyridine rings is 1. The molecule has 0 fully saturated rings. The Morgan fingerprint density at radius 2 is 1.85 bits per heavy atom. The van der Waals surface area contributed by atoms with Crippen molar-refractivity contribution in [2.45, 2.75) is 32.7 Å². The van der Waals surface area contributed by atoms with E-state index >= 15 is 0 Å². The maximum Gasteiger partial charge on any atom is 0.325 e. The van der Waals surface area contributed by atoms with Crippen LogP contribution in [0.1, 0.15) is 40.3 Å². The molecule has 172 valence electrons. The predicted molar refractivity (Wildman–Crippen MR) is 128 cm³/mol. The molecule has 34 heavy (non-hydrogen) atoms. The molecule has 2 aromatic carbocycles. The minimum atomic E-state index is -0.974. The molecular formula is C26H25N5O3. The number of aliphatic carboxylic acids is 1. The monoisotopic (exact) mass is 455 g/mol. The summed E-state index contributed by atoms with van der Waals surface area (Å²) in [4.78, 5) is 15.2. The molecule has 8 nitrogen and oxygen atoms in total. The van der Waals surface area contributed by atoms with Crippen LogP contribution in [0, 0.1) is 13.8 Å². The number of carboxylic acids is 1. The minimum Gasteiger partial charge on any atom is -0.480 e. The van der Waals surface area contributed by atoms with Crippen molar-refractivity contribution in [1.82, 2.24) is 20.0 Å². The largest absolute Gasteiger partial charge is 0.480 e. The second-order valence-corrected chi connectivity index (χ2v) is 8.16. The third-order valence-electron chi connectivity index (χ3n) is 5.76. The van der Waals surface area contributed by atoms with Crippen molar-refractivity contribution >= 4 is 11.7 Å². The van der Waals surface area contributed by atoms with Crippen LogP contribution in [0.15, 0.2) is 78.2 Å². The quantitative estimate of drug-likeness (QED) is 0.231. The van der Waals surface area contributed by atoms with Gasteiger partial charge < -0.3 is 10.3 Å². The first-order valence-electron chi connectivity index (χ1n) is 10.9. The fourth-order valence-electron chi connectivity index (χ4n) is 4.05. The van der Waals surface area contributed by atoms with Crippen molar-refractivity contribution in [1.29, 1.82) is 0 Å². The summed E-state index contributed by atoms with van der Waals surface area (Å²) in [6.07, 6.45) is 3.83. The molecule has 0 saturated heterocycles. The van der Waals surface area contributed by atoms with Crippen molar-refractivity contribution in [2.75, 3.05) is 0 Å². The van der Waals surface area contributed by atoms with Gasteiger partial charge in [0.15, 0.2) is 0 Å². The highest BCUT2D eigenvalue weighted by Crippen LogP contribution is 2.33. The Balaban J connectivity index is 1.67. The fourth-order valence-corrected chi connectivity index (χ4v) is 4.05. The summed E-state index contributed by atoms with van der Waals surface area (Å²) >= 11 is 0. The number of carbonyl (C=O) groups is 1. The number of hydrogen-bond acceptors (Lipinski definition) is 6. The van der Waals surface area contributed by atoms with Crippen molar-refractivity contribution in [2.24, 2.45) is 5.16 Å². The Bertz CT molecular complexity index is 1330.